The maximum absolute atomic E-state index is 12.1. The van der Waals surface area contributed by atoms with E-state index in [4.69, 9.17) is 16.2 Å². The molecule has 4 heteroatoms. The number of ether oxygens (including phenoxy) is 1. The third kappa shape index (κ3) is 8.55. The van der Waals surface area contributed by atoms with Crippen molar-refractivity contribution >= 4 is 23.4 Å². The molecule has 1 saturated carbocycles. The summed E-state index contributed by atoms with van der Waals surface area (Å²) in [5, 5.41) is 0. The summed E-state index contributed by atoms with van der Waals surface area (Å²) >= 11 is 0. The quantitative estimate of drug-likeness (QED) is 0.150. The van der Waals surface area contributed by atoms with Gasteiger partial charge in [0.1, 0.15) is 0 Å². The Morgan fingerprint density at radius 2 is 1.71 bits per heavy atom. The summed E-state index contributed by atoms with van der Waals surface area (Å²) in [5.74, 6) is 1.27. The van der Waals surface area contributed by atoms with Crippen LogP contribution in [0.3, 0.4) is 0 Å². The highest BCUT2D eigenvalue weighted by Crippen LogP contribution is 2.37. The maximum Gasteiger partial charge on any atom is 0.330 e. The molecule has 2 aromatic carbocycles. The zero-order valence-electron chi connectivity index (χ0n) is 20.8. The van der Waals surface area contributed by atoms with Gasteiger partial charge in [-0.3, -0.25) is 0 Å². The first-order valence-electron chi connectivity index (χ1n) is 13.1. The van der Waals surface area contributed by atoms with Crippen molar-refractivity contribution in [1.29, 1.82) is 0 Å². The smallest absolute Gasteiger partial charge is 0.330 e. The van der Waals surface area contributed by atoms with Crippen molar-refractivity contribution in [2.24, 2.45) is 5.92 Å². The zero-order chi connectivity index (χ0) is 24.2. The van der Waals surface area contributed by atoms with Crippen LogP contribution in [-0.4, -0.2) is 12.6 Å². The first-order chi connectivity index (χ1) is 16.5. The summed E-state index contributed by atoms with van der Waals surface area (Å²) in [6.45, 7) is 2.57. The van der Waals surface area contributed by atoms with Gasteiger partial charge in [-0.25, -0.2) is 4.79 Å². The van der Waals surface area contributed by atoms with E-state index in [0.717, 1.165) is 17.0 Å². The average Bonchev–Trinajstić information content (AvgIpc) is 2.85. The van der Waals surface area contributed by atoms with E-state index >= 15 is 0 Å². The molecule has 0 aliphatic heterocycles. The number of carbonyl (C=O) groups is 1. The lowest BCUT2D eigenvalue weighted by Gasteiger charge is -2.29. The Kier molecular flexibility index (Phi) is 10.5. The Hall–Kier alpha value is -2.75. The molecule has 0 amide bonds. The molecule has 0 radical (unpaired) electrons. The van der Waals surface area contributed by atoms with Crippen molar-refractivity contribution in [1.82, 2.24) is 0 Å². The number of nitrogens with two attached hydrogens (primary N) is 2. The molecule has 0 heterocycles. The fourth-order valence-electron chi connectivity index (χ4n) is 5.02. The van der Waals surface area contributed by atoms with Gasteiger partial charge >= 0.3 is 5.97 Å². The van der Waals surface area contributed by atoms with E-state index in [0.29, 0.717) is 23.7 Å². The molecule has 0 bridgehead atoms. The Morgan fingerprint density at radius 3 is 2.41 bits per heavy atom. The van der Waals surface area contributed by atoms with Crippen LogP contribution < -0.4 is 11.5 Å². The van der Waals surface area contributed by atoms with Crippen LogP contribution in [0.1, 0.15) is 93.7 Å². The minimum absolute atomic E-state index is 0.289. The van der Waals surface area contributed by atoms with Crippen molar-refractivity contribution in [3.8, 4) is 0 Å². The summed E-state index contributed by atoms with van der Waals surface area (Å²) in [6.07, 6.45) is 17.6. The molecular weight excluding hydrogens is 420 g/mol. The maximum atomic E-state index is 12.1. The second kappa shape index (κ2) is 13.8. The van der Waals surface area contributed by atoms with Gasteiger partial charge in [0, 0.05) is 23.9 Å². The first kappa shape index (κ1) is 25.9. The topological polar surface area (TPSA) is 78.3 Å². The predicted octanol–water partition coefficient (Wildman–Crippen LogP) is 7.28. The third-order valence-electron chi connectivity index (χ3n) is 7.17. The molecule has 1 aliphatic rings. The number of unbranched alkanes of at least 4 members (excludes halogenated alkanes) is 4. The molecule has 4 nitrogen and oxygen atoms in total. The molecule has 0 unspecified atom stereocenters. The van der Waals surface area contributed by atoms with Crippen molar-refractivity contribution in [3.05, 3.63) is 65.2 Å². The monoisotopic (exact) mass is 462 g/mol. The molecule has 0 atom stereocenters. The van der Waals surface area contributed by atoms with E-state index in [1.807, 2.05) is 12.1 Å². The number of hydrogen-bond acceptors (Lipinski definition) is 4. The molecule has 1 fully saturated rings. The second-order valence-corrected chi connectivity index (χ2v) is 9.80. The lowest BCUT2D eigenvalue weighted by Crippen LogP contribution is -2.13. The lowest BCUT2D eigenvalue weighted by molar-refractivity contribution is -0.137. The Labute approximate surface area is 205 Å². The number of anilines is 2. The molecular formula is C30H42N2O2. The summed E-state index contributed by atoms with van der Waals surface area (Å²) in [7, 11) is 0. The van der Waals surface area contributed by atoms with E-state index < -0.39 is 0 Å². The number of carbonyl (C=O) groups excluding carboxylic acids is 1. The van der Waals surface area contributed by atoms with Crippen LogP contribution in [0.5, 0.6) is 0 Å². The van der Waals surface area contributed by atoms with E-state index in [1.54, 1.807) is 12.1 Å². The Morgan fingerprint density at radius 1 is 0.971 bits per heavy atom. The van der Waals surface area contributed by atoms with Gasteiger partial charge in [0.2, 0.25) is 0 Å². The van der Waals surface area contributed by atoms with Crippen molar-refractivity contribution in [2.45, 2.75) is 83.5 Å². The SMILES string of the molecule is CCCCCCCC1CCC(c2ccc(/C=C/C(=O)OCCc3ccc(N)cc3N)cc2)CC1. The molecule has 3 rings (SSSR count). The fraction of sp³-hybridized carbons (Fsp3) is 0.500. The first-order valence-corrected chi connectivity index (χ1v) is 13.1. The highest BCUT2D eigenvalue weighted by molar-refractivity contribution is 5.87. The van der Waals surface area contributed by atoms with Crippen LogP contribution in [0.15, 0.2) is 48.5 Å². The van der Waals surface area contributed by atoms with E-state index in [-0.39, 0.29) is 12.6 Å². The lowest BCUT2D eigenvalue weighted by atomic mass is 9.77. The summed E-state index contributed by atoms with van der Waals surface area (Å²) in [5.41, 5.74) is 16.3. The number of benzene rings is 2. The van der Waals surface area contributed by atoms with Crippen molar-refractivity contribution < 1.29 is 9.53 Å². The molecule has 0 saturated heterocycles. The normalized spacial score (nSPS) is 18.3. The predicted molar refractivity (Wildman–Crippen MR) is 143 cm³/mol. The molecule has 0 spiro atoms. The summed E-state index contributed by atoms with van der Waals surface area (Å²) < 4.78 is 5.32. The standard InChI is InChI=1S/C30H42N2O2/c1-2-3-4-5-6-7-23-8-13-25(14-9-23)26-15-10-24(11-16-26)12-19-30(33)34-21-20-27-17-18-28(31)22-29(27)32/h10-12,15-19,22-23,25H,2-9,13-14,20-21,31-32H2,1H3/b19-12+. The number of nitrogen functional groups attached to an aromatic ring is 2. The summed E-state index contributed by atoms with van der Waals surface area (Å²) in [6, 6.07) is 14.1. The second-order valence-electron chi connectivity index (χ2n) is 9.80. The largest absolute Gasteiger partial charge is 0.462 e. The van der Waals surface area contributed by atoms with Gasteiger partial charge in [-0.15, -0.1) is 0 Å². The molecule has 34 heavy (non-hydrogen) atoms. The number of hydrogen-bond donors (Lipinski definition) is 2. The van der Waals surface area contributed by atoms with Gasteiger partial charge < -0.3 is 16.2 Å². The Balaban J connectivity index is 1.36. The van der Waals surface area contributed by atoms with E-state index in [1.165, 1.54) is 75.8 Å². The van der Waals surface area contributed by atoms with Gasteiger partial charge in [0.05, 0.1) is 6.61 Å². The van der Waals surface area contributed by atoms with Crippen LogP contribution >= 0.6 is 0 Å². The van der Waals surface area contributed by atoms with Crippen LogP contribution in [-0.2, 0) is 16.0 Å². The number of esters is 1. The zero-order valence-corrected chi connectivity index (χ0v) is 20.8. The molecule has 184 valence electrons. The molecule has 0 aromatic heterocycles. The molecule has 1 aliphatic carbocycles. The van der Waals surface area contributed by atoms with Crippen LogP contribution in [0.4, 0.5) is 11.4 Å². The van der Waals surface area contributed by atoms with Gasteiger partial charge in [-0.05, 0) is 72.4 Å². The Bertz CT molecular complexity index is 912. The van der Waals surface area contributed by atoms with Crippen molar-refractivity contribution in [3.63, 3.8) is 0 Å². The number of rotatable bonds is 12. The van der Waals surface area contributed by atoms with Gasteiger partial charge in [-0.2, -0.15) is 0 Å². The van der Waals surface area contributed by atoms with E-state index in [9.17, 15) is 4.79 Å². The minimum atomic E-state index is -0.342. The molecule has 4 N–H and O–H groups in total. The van der Waals surface area contributed by atoms with E-state index in [2.05, 4.69) is 31.2 Å². The fourth-order valence-corrected chi connectivity index (χ4v) is 5.02. The highest BCUT2D eigenvalue weighted by atomic mass is 16.5. The van der Waals surface area contributed by atoms with Crippen LogP contribution in [0.25, 0.3) is 6.08 Å². The van der Waals surface area contributed by atoms with Gasteiger partial charge in [-0.1, -0.05) is 75.8 Å². The average molecular weight is 463 g/mol. The van der Waals surface area contributed by atoms with Crippen molar-refractivity contribution in [2.75, 3.05) is 18.1 Å². The third-order valence-corrected chi connectivity index (χ3v) is 7.17. The van der Waals surface area contributed by atoms with Gasteiger partial charge in [0.15, 0.2) is 0 Å². The molecule has 2 aromatic rings. The van der Waals surface area contributed by atoms with Gasteiger partial charge in [0.25, 0.3) is 0 Å². The summed E-state index contributed by atoms with van der Waals surface area (Å²) in [4.78, 5) is 12.1. The minimum Gasteiger partial charge on any atom is -0.462 e. The van der Waals surface area contributed by atoms with Crippen LogP contribution in [0, 0.1) is 5.92 Å². The highest BCUT2D eigenvalue weighted by Gasteiger charge is 2.21. The van der Waals surface area contributed by atoms with Crippen LogP contribution in [0.2, 0.25) is 0 Å².